The van der Waals surface area contributed by atoms with Gasteiger partial charge in [-0.3, -0.25) is 0 Å². The van der Waals surface area contributed by atoms with Crippen molar-refractivity contribution in [2.75, 3.05) is 21.2 Å². The van der Waals surface area contributed by atoms with Gasteiger partial charge in [0.25, 0.3) is 0 Å². The van der Waals surface area contributed by atoms with Gasteiger partial charge in [-0.1, -0.05) is 76.6 Å². The second kappa shape index (κ2) is 10.0. The van der Waals surface area contributed by atoms with Crippen molar-refractivity contribution in [3.05, 3.63) is 106 Å². The summed E-state index contributed by atoms with van der Waals surface area (Å²) in [6.45, 7) is 0. The van der Waals surface area contributed by atoms with E-state index >= 15 is 0 Å². The van der Waals surface area contributed by atoms with E-state index in [4.69, 9.17) is 9.72 Å². The number of fused-ring (bicyclic) bond motifs is 1. The third-order valence-corrected chi connectivity index (χ3v) is 6.64. The molecule has 4 rings (SSSR count). The van der Waals surface area contributed by atoms with Crippen molar-refractivity contribution in [1.82, 2.24) is 9.88 Å². The number of nitrogens with zero attached hydrogens (tertiary/aromatic N) is 2. The first kappa shape index (κ1) is 23.4. The first-order chi connectivity index (χ1) is 15.9. The molecule has 0 fully saturated rings. The molecule has 2 atom stereocenters. The number of methoxy groups -OCH3 is 1. The van der Waals surface area contributed by atoms with Gasteiger partial charge in [0, 0.05) is 34.3 Å². The maximum absolute atomic E-state index is 12.2. The van der Waals surface area contributed by atoms with E-state index in [0.717, 1.165) is 26.5 Å². The van der Waals surface area contributed by atoms with Gasteiger partial charge >= 0.3 is 0 Å². The van der Waals surface area contributed by atoms with Crippen LogP contribution in [0.1, 0.15) is 29.2 Å². The molecule has 2 unspecified atom stereocenters. The van der Waals surface area contributed by atoms with Gasteiger partial charge in [-0.25, -0.2) is 4.98 Å². The van der Waals surface area contributed by atoms with Crippen molar-refractivity contribution in [2.24, 2.45) is 0 Å². The lowest BCUT2D eigenvalue weighted by atomic mass is 9.80. The number of pyridine rings is 1. The van der Waals surface area contributed by atoms with Gasteiger partial charge in [-0.15, -0.1) is 0 Å². The highest BCUT2D eigenvalue weighted by Gasteiger charge is 2.35. The summed E-state index contributed by atoms with van der Waals surface area (Å²) in [6.07, 6.45) is 0.903. The van der Waals surface area contributed by atoms with Crippen LogP contribution < -0.4 is 4.74 Å². The van der Waals surface area contributed by atoms with Crippen molar-refractivity contribution >= 4 is 26.8 Å². The summed E-state index contributed by atoms with van der Waals surface area (Å²) in [4.78, 5) is 6.88. The van der Waals surface area contributed by atoms with Crippen LogP contribution in [-0.4, -0.2) is 36.2 Å². The molecule has 0 saturated heterocycles. The third-order valence-electron chi connectivity index (χ3n) is 6.14. The average Bonchev–Trinajstić information content (AvgIpc) is 2.83. The predicted molar refractivity (Wildman–Crippen MR) is 138 cm³/mol. The normalized spacial score (nSPS) is 14.2. The Morgan fingerprint density at radius 2 is 1.64 bits per heavy atom. The summed E-state index contributed by atoms with van der Waals surface area (Å²) >= 11 is 3.55. The molecular weight excluding hydrogens is 476 g/mol. The zero-order valence-corrected chi connectivity index (χ0v) is 20.8. The zero-order valence-electron chi connectivity index (χ0n) is 19.2. The third kappa shape index (κ3) is 5.27. The van der Waals surface area contributed by atoms with Gasteiger partial charge in [0.2, 0.25) is 5.88 Å². The van der Waals surface area contributed by atoms with Gasteiger partial charge in [-0.2, -0.15) is 0 Å². The second-order valence-electron chi connectivity index (χ2n) is 8.66. The highest BCUT2D eigenvalue weighted by molar-refractivity contribution is 9.10. The minimum Gasteiger partial charge on any atom is -0.481 e. The van der Waals surface area contributed by atoms with E-state index in [9.17, 15) is 5.11 Å². The zero-order chi connectivity index (χ0) is 23.4. The van der Waals surface area contributed by atoms with E-state index in [1.165, 1.54) is 5.56 Å². The molecule has 4 nitrogen and oxygen atoms in total. The SMILES string of the molecule is COc1nc2ccc(Br)cc2cc1CC(O)(CC(c1ccccc1)N(C)C)c1ccccc1. The minimum atomic E-state index is -1.12. The smallest absolute Gasteiger partial charge is 0.216 e. The Kier molecular flexibility index (Phi) is 7.13. The van der Waals surface area contributed by atoms with Crippen molar-refractivity contribution in [2.45, 2.75) is 24.5 Å². The molecule has 170 valence electrons. The molecule has 0 bridgehead atoms. The lowest BCUT2D eigenvalue weighted by Crippen LogP contribution is -2.35. The van der Waals surface area contributed by atoms with E-state index in [1.54, 1.807) is 7.11 Å². The lowest BCUT2D eigenvalue weighted by molar-refractivity contribution is 0.00338. The molecule has 0 aliphatic heterocycles. The Morgan fingerprint density at radius 1 is 0.970 bits per heavy atom. The van der Waals surface area contributed by atoms with Crippen LogP contribution in [0, 0.1) is 0 Å². The van der Waals surface area contributed by atoms with Crippen LogP contribution in [0.5, 0.6) is 5.88 Å². The second-order valence-corrected chi connectivity index (χ2v) is 9.58. The number of benzene rings is 3. The molecule has 0 amide bonds. The molecule has 1 heterocycles. The Balaban J connectivity index is 1.80. The maximum Gasteiger partial charge on any atom is 0.216 e. The molecule has 1 aromatic heterocycles. The standard InChI is InChI=1S/C28H29BrN2O2/c1-31(2)26(20-10-6-4-7-11-20)19-28(32,23-12-8-5-9-13-23)18-22-16-21-17-24(29)14-15-25(21)30-27(22)33-3/h4-17,26,32H,18-19H2,1-3H3. The number of rotatable bonds is 8. The Bertz CT molecular complexity index is 1210. The summed E-state index contributed by atoms with van der Waals surface area (Å²) in [5.41, 5.74) is 2.66. The van der Waals surface area contributed by atoms with Gasteiger partial charge in [-0.05, 0) is 49.5 Å². The lowest BCUT2D eigenvalue weighted by Gasteiger charge is -2.36. The highest BCUT2D eigenvalue weighted by Crippen LogP contribution is 2.39. The van der Waals surface area contributed by atoms with E-state index in [0.29, 0.717) is 18.7 Å². The highest BCUT2D eigenvalue weighted by atomic mass is 79.9. The fourth-order valence-electron chi connectivity index (χ4n) is 4.43. The molecule has 0 spiro atoms. The molecule has 33 heavy (non-hydrogen) atoms. The van der Waals surface area contributed by atoms with Crippen LogP contribution in [0.15, 0.2) is 89.4 Å². The fourth-order valence-corrected chi connectivity index (χ4v) is 4.80. The number of hydrogen-bond acceptors (Lipinski definition) is 4. The Morgan fingerprint density at radius 3 is 2.27 bits per heavy atom. The van der Waals surface area contributed by atoms with Crippen LogP contribution in [0.3, 0.4) is 0 Å². The maximum atomic E-state index is 12.2. The average molecular weight is 505 g/mol. The van der Waals surface area contributed by atoms with Crippen LogP contribution in [0.2, 0.25) is 0 Å². The summed E-state index contributed by atoms with van der Waals surface area (Å²) in [5.74, 6) is 0.542. The number of aromatic nitrogens is 1. The summed E-state index contributed by atoms with van der Waals surface area (Å²) in [6, 6.07) is 28.3. The van der Waals surface area contributed by atoms with E-state index in [2.05, 4.69) is 53.1 Å². The first-order valence-electron chi connectivity index (χ1n) is 11.0. The molecule has 0 radical (unpaired) electrons. The molecule has 4 aromatic rings. The molecular formula is C28H29BrN2O2. The predicted octanol–water partition coefficient (Wildman–Crippen LogP) is 6.13. The van der Waals surface area contributed by atoms with E-state index < -0.39 is 5.60 Å². The molecule has 1 N–H and O–H groups in total. The number of aliphatic hydroxyl groups is 1. The molecule has 0 aliphatic rings. The van der Waals surface area contributed by atoms with Crippen molar-refractivity contribution in [1.29, 1.82) is 0 Å². The molecule has 0 saturated carbocycles. The summed E-state index contributed by atoms with van der Waals surface area (Å²) < 4.78 is 6.65. The number of ether oxygens (including phenoxy) is 1. The van der Waals surface area contributed by atoms with Crippen LogP contribution in [0.25, 0.3) is 10.9 Å². The largest absolute Gasteiger partial charge is 0.481 e. The fraction of sp³-hybridized carbons (Fsp3) is 0.250. The number of halogens is 1. The molecule has 5 heteroatoms. The first-order valence-corrected chi connectivity index (χ1v) is 11.8. The van der Waals surface area contributed by atoms with Crippen LogP contribution in [0.4, 0.5) is 0 Å². The van der Waals surface area contributed by atoms with Crippen LogP contribution >= 0.6 is 15.9 Å². The van der Waals surface area contributed by atoms with Crippen molar-refractivity contribution < 1.29 is 9.84 Å². The van der Waals surface area contributed by atoms with Crippen molar-refractivity contribution in [3.8, 4) is 5.88 Å². The topological polar surface area (TPSA) is 45.6 Å². The van der Waals surface area contributed by atoms with Gasteiger partial charge in [0.05, 0.1) is 18.2 Å². The van der Waals surface area contributed by atoms with E-state index in [-0.39, 0.29) is 6.04 Å². The molecule has 3 aromatic carbocycles. The number of hydrogen-bond donors (Lipinski definition) is 1. The monoisotopic (exact) mass is 504 g/mol. The van der Waals surface area contributed by atoms with Gasteiger partial charge in [0.1, 0.15) is 0 Å². The van der Waals surface area contributed by atoms with Gasteiger partial charge in [0.15, 0.2) is 0 Å². The Labute approximate surface area is 204 Å². The van der Waals surface area contributed by atoms with E-state index in [1.807, 2.05) is 66.7 Å². The minimum absolute atomic E-state index is 0.0324. The summed E-state index contributed by atoms with van der Waals surface area (Å²) in [5, 5.41) is 13.2. The summed E-state index contributed by atoms with van der Waals surface area (Å²) in [7, 11) is 5.74. The Hall–Kier alpha value is -2.73. The molecule has 0 aliphatic carbocycles. The van der Waals surface area contributed by atoms with Gasteiger partial charge < -0.3 is 14.7 Å². The van der Waals surface area contributed by atoms with Crippen LogP contribution in [-0.2, 0) is 12.0 Å². The quantitative estimate of drug-likeness (QED) is 0.313. The van der Waals surface area contributed by atoms with Crippen molar-refractivity contribution in [3.63, 3.8) is 0 Å².